The number of para-hydroxylation sites is 2. The lowest BCUT2D eigenvalue weighted by Crippen LogP contribution is -2.38. The highest BCUT2D eigenvalue weighted by Gasteiger charge is 2.30. The van der Waals surface area contributed by atoms with E-state index in [9.17, 15) is 14.7 Å². The van der Waals surface area contributed by atoms with Crippen LogP contribution in [0.15, 0.2) is 85.1 Å². The quantitative estimate of drug-likeness (QED) is 0.227. The van der Waals surface area contributed by atoms with Crippen molar-refractivity contribution >= 4 is 22.9 Å². The molecule has 3 atom stereocenters. The average Bonchev–Trinajstić information content (AvgIpc) is 2.98. The van der Waals surface area contributed by atoms with Crippen LogP contribution in [0, 0.1) is 11.8 Å². The highest BCUT2D eigenvalue weighted by atomic mass is 16.6. The van der Waals surface area contributed by atoms with Crippen molar-refractivity contribution in [2.24, 2.45) is 11.8 Å². The fraction of sp³-hybridized carbons (Fsp3) is 0.333. The Hall–Kier alpha value is -4.10. The van der Waals surface area contributed by atoms with Crippen molar-refractivity contribution in [3.63, 3.8) is 0 Å². The van der Waals surface area contributed by atoms with Gasteiger partial charge in [0.15, 0.2) is 5.69 Å². The molecule has 0 saturated heterocycles. The Balaban J connectivity index is 1.56. The van der Waals surface area contributed by atoms with Gasteiger partial charge in [0.05, 0.1) is 23.3 Å². The van der Waals surface area contributed by atoms with Gasteiger partial charge in [-0.15, -0.1) is 0 Å². The van der Waals surface area contributed by atoms with Gasteiger partial charge in [-0.2, -0.15) is 0 Å². The van der Waals surface area contributed by atoms with Crippen LogP contribution in [-0.4, -0.2) is 46.2 Å². The lowest BCUT2D eigenvalue weighted by Gasteiger charge is -2.26. The first-order valence-corrected chi connectivity index (χ1v) is 13.8. The zero-order chi connectivity index (χ0) is 28.5. The zero-order valence-electron chi connectivity index (χ0n) is 23.3. The number of aromatic nitrogens is 2. The summed E-state index contributed by atoms with van der Waals surface area (Å²) in [5.74, 6) is -0.767. The number of aliphatic hydroxyl groups excluding tert-OH is 1. The van der Waals surface area contributed by atoms with E-state index < -0.39 is 24.1 Å². The van der Waals surface area contributed by atoms with Gasteiger partial charge in [0, 0.05) is 19.4 Å². The second-order valence-corrected chi connectivity index (χ2v) is 10.5. The minimum Gasteiger partial charge on any atom is -0.454 e. The number of nitrogens with one attached hydrogen (secondary N) is 1. The third-order valence-corrected chi connectivity index (χ3v) is 7.08. The Kier molecular flexibility index (Phi) is 9.97. The van der Waals surface area contributed by atoms with Crippen LogP contribution in [-0.2, 0) is 16.0 Å². The molecule has 0 aliphatic carbocycles. The van der Waals surface area contributed by atoms with Crippen molar-refractivity contribution in [1.29, 1.82) is 0 Å². The zero-order valence-corrected chi connectivity index (χ0v) is 23.3. The summed E-state index contributed by atoms with van der Waals surface area (Å²) < 4.78 is 5.88. The van der Waals surface area contributed by atoms with Crippen LogP contribution in [0.5, 0.6) is 0 Å². The predicted molar refractivity (Wildman–Crippen MR) is 157 cm³/mol. The Bertz CT molecular complexity index is 1410. The van der Waals surface area contributed by atoms with Gasteiger partial charge in [0.1, 0.15) is 6.10 Å². The summed E-state index contributed by atoms with van der Waals surface area (Å²) in [5.41, 5.74) is 4.40. The van der Waals surface area contributed by atoms with Gasteiger partial charge in [-0.3, -0.25) is 9.78 Å². The molecule has 0 aliphatic heterocycles. The fourth-order valence-electron chi connectivity index (χ4n) is 4.74. The van der Waals surface area contributed by atoms with Crippen LogP contribution in [0.2, 0.25) is 0 Å². The van der Waals surface area contributed by atoms with Gasteiger partial charge >= 0.3 is 5.97 Å². The summed E-state index contributed by atoms with van der Waals surface area (Å²) in [7, 11) is 1.60. The van der Waals surface area contributed by atoms with Gasteiger partial charge in [-0.1, -0.05) is 87.0 Å². The molecular weight excluding hydrogens is 502 g/mol. The molecule has 208 valence electrons. The summed E-state index contributed by atoms with van der Waals surface area (Å²) in [5, 5.41) is 14.1. The molecule has 3 aromatic carbocycles. The molecule has 2 N–H and O–H groups in total. The number of hydrogen-bond donors (Lipinski definition) is 2. The molecule has 1 amide bonds. The van der Waals surface area contributed by atoms with Crippen molar-refractivity contribution < 1.29 is 19.4 Å². The van der Waals surface area contributed by atoms with Gasteiger partial charge in [-0.05, 0) is 47.6 Å². The van der Waals surface area contributed by atoms with Crippen molar-refractivity contribution in [3.05, 3.63) is 96.3 Å². The molecule has 4 aromatic rings. The standard InChI is InChI=1S/C33H37N3O4/c1-22(2)13-16-26(32(38)34-3)20-30(37)31(19-23-14-17-25(18-15-23)24-9-5-4-6-10-24)40-33(39)29-21-35-27-11-7-8-12-28(27)36-29/h4-12,14-15,17-18,21-22,26,30-31,37H,13,16,19-20H2,1-3H3,(H,34,38)/t26-,30+,31+/m1/s1. The smallest absolute Gasteiger partial charge is 0.358 e. The monoisotopic (exact) mass is 539 g/mol. The third-order valence-electron chi connectivity index (χ3n) is 7.08. The molecule has 0 radical (unpaired) electrons. The minimum atomic E-state index is -1.05. The van der Waals surface area contributed by atoms with E-state index in [2.05, 4.69) is 29.1 Å². The average molecular weight is 540 g/mol. The molecule has 1 aromatic heterocycles. The molecule has 0 unspecified atom stereocenters. The van der Waals surface area contributed by atoms with Crippen molar-refractivity contribution in [2.75, 3.05) is 7.05 Å². The van der Waals surface area contributed by atoms with Crippen LogP contribution in [0.4, 0.5) is 0 Å². The minimum absolute atomic E-state index is 0.0676. The highest BCUT2D eigenvalue weighted by molar-refractivity contribution is 5.89. The van der Waals surface area contributed by atoms with Crippen molar-refractivity contribution in [1.82, 2.24) is 15.3 Å². The summed E-state index contributed by atoms with van der Waals surface area (Å²) in [6.07, 6.45) is 1.40. The Morgan fingerprint density at radius 3 is 2.20 bits per heavy atom. The largest absolute Gasteiger partial charge is 0.454 e. The third kappa shape index (κ3) is 7.73. The summed E-state index contributed by atoms with van der Waals surface area (Å²) in [6, 6.07) is 25.3. The number of carbonyl (C=O) groups excluding carboxylic acids is 2. The van der Waals surface area contributed by atoms with E-state index in [0.29, 0.717) is 23.4 Å². The van der Waals surface area contributed by atoms with E-state index in [-0.39, 0.29) is 24.4 Å². The Morgan fingerprint density at radius 1 is 0.875 bits per heavy atom. The maximum atomic E-state index is 13.2. The van der Waals surface area contributed by atoms with E-state index in [1.54, 1.807) is 13.1 Å². The van der Waals surface area contributed by atoms with Crippen LogP contribution in [0.25, 0.3) is 22.2 Å². The molecule has 0 bridgehead atoms. The molecule has 7 heteroatoms. The van der Waals surface area contributed by atoms with E-state index >= 15 is 0 Å². The molecule has 1 heterocycles. The van der Waals surface area contributed by atoms with E-state index in [0.717, 1.165) is 23.1 Å². The first kappa shape index (κ1) is 28.9. The van der Waals surface area contributed by atoms with E-state index in [1.165, 1.54) is 6.20 Å². The number of esters is 1. The van der Waals surface area contributed by atoms with Gasteiger partial charge in [0.25, 0.3) is 0 Å². The van der Waals surface area contributed by atoms with Crippen LogP contribution in [0.3, 0.4) is 0 Å². The lowest BCUT2D eigenvalue weighted by molar-refractivity contribution is -0.126. The number of rotatable bonds is 12. The number of nitrogens with zero attached hydrogens (tertiary/aromatic N) is 2. The summed E-state index contributed by atoms with van der Waals surface area (Å²) in [4.78, 5) is 34.6. The first-order chi connectivity index (χ1) is 19.3. The summed E-state index contributed by atoms with van der Waals surface area (Å²) in [6.45, 7) is 4.21. The molecular formula is C33H37N3O4. The number of benzene rings is 3. The number of amides is 1. The fourth-order valence-corrected chi connectivity index (χ4v) is 4.74. The molecule has 40 heavy (non-hydrogen) atoms. The number of aliphatic hydroxyl groups is 1. The second kappa shape index (κ2) is 13.8. The SMILES string of the molecule is CNC(=O)[C@H](CCC(C)C)C[C@H](O)[C@H](Cc1ccc(-c2ccccc2)cc1)OC(=O)c1cnc2ccccc2n1. The highest BCUT2D eigenvalue weighted by Crippen LogP contribution is 2.24. The van der Waals surface area contributed by atoms with Gasteiger partial charge < -0.3 is 15.2 Å². The molecule has 0 spiro atoms. The molecule has 0 saturated carbocycles. The number of hydrogen-bond acceptors (Lipinski definition) is 6. The van der Waals surface area contributed by atoms with Gasteiger partial charge in [-0.25, -0.2) is 9.78 Å². The van der Waals surface area contributed by atoms with Crippen LogP contribution >= 0.6 is 0 Å². The van der Waals surface area contributed by atoms with Crippen molar-refractivity contribution in [2.45, 2.75) is 51.7 Å². The van der Waals surface area contributed by atoms with Crippen molar-refractivity contribution in [3.8, 4) is 11.1 Å². The van der Waals surface area contributed by atoms with Crippen LogP contribution < -0.4 is 5.32 Å². The van der Waals surface area contributed by atoms with E-state index in [1.807, 2.05) is 72.8 Å². The number of ether oxygens (including phenoxy) is 1. The topological polar surface area (TPSA) is 101 Å². The maximum Gasteiger partial charge on any atom is 0.358 e. The number of carbonyl (C=O) groups is 2. The van der Waals surface area contributed by atoms with Gasteiger partial charge in [0.2, 0.25) is 5.91 Å². The number of fused-ring (bicyclic) bond motifs is 1. The second-order valence-electron chi connectivity index (χ2n) is 10.5. The lowest BCUT2D eigenvalue weighted by atomic mass is 9.89. The van der Waals surface area contributed by atoms with Crippen LogP contribution in [0.1, 0.15) is 49.2 Å². The molecule has 0 fully saturated rings. The Morgan fingerprint density at radius 2 is 1.52 bits per heavy atom. The molecule has 7 nitrogen and oxygen atoms in total. The predicted octanol–water partition coefficient (Wildman–Crippen LogP) is 5.61. The normalized spacial score (nSPS) is 13.5. The molecule has 0 aliphatic rings. The first-order valence-electron chi connectivity index (χ1n) is 13.8. The van der Waals surface area contributed by atoms with E-state index in [4.69, 9.17) is 4.74 Å². The Labute approximate surface area is 235 Å². The summed E-state index contributed by atoms with van der Waals surface area (Å²) >= 11 is 0. The molecule has 4 rings (SSSR count). The maximum absolute atomic E-state index is 13.2.